The minimum atomic E-state index is -3.36. The van der Waals surface area contributed by atoms with Gasteiger partial charge in [0.2, 0.25) is 10.0 Å². The first-order valence-electron chi connectivity index (χ1n) is 6.91. The van der Waals surface area contributed by atoms with E-state index in [2.05, 4.69) is 4.72 Å². The lowest BCUT2D eigenvalue weighted by Crippen LogP contribution is -2.42. The number of nitrogens with two attached hydrogens (primary N) is 1. The molecule has 1 saturated carbocycles. The van der Waals surface area contributed by atoms with E-state index in [0.29, 0.717) is 17.4 Å². The molecule has 1 fully saturated rings. The minimum absolute atomic E-state index is 0.259. The highest BCUT2D eigenvalue weighted by molar-refractivity contribution is 7.89. The molecule has 1 aromatic rings. The van der Waals surface area contributed by atoms with Gasteiger partial charge in [0.05, 0.1) is 4.90 Å². The first-order valence-corrected chi connectivity index (χ1v) is 8.40. The Kier molecular flexibility index (Phi) is 3.37. The molecular weight excluding hydrogens is 260 g/mol. The molecule has 0 atom stereocenters. The van der Waals surface area contributed by atoms with Crippen molar-refractivity contribution >= 4 is 10.0 Å². The zero-order chi connectivity index (χ0) is 13.5. The third kappa shape index (κ3) is 2.68. The van der Waals surface area contributed by atoms with E-state index in [1.807, 2.05) is 12.1 Å². The highest BCUT2D eigenvalue weighted by Gasteiger charge is 2.27. The van der Waals surface area contributed by atoms with E-state index >= 15 is 0 Å². The van der Waals surface area contributed by atoms with Crippen molar-refractivity contribution in [3.8, 4) is 0 Å². The summed E-state index contributed by atoms with van der Waals surface area (Å²) in [5.74, 6) is 0.402. The largest absolute Gasteiger partial charge is 0.328 e. The smallest absolute Gasteiger partial charge is 0.240 e. The molecule has 19 heavy (non-hydrogen) atoms. The van der Waals surface area contributed by atoms with Gasteiger partial charge in [-0.25, -0.2) is 13.1 Å². The zero-order valence-corrected chi connectivity index (χ0v) is 11.7. The van der Waals surface area contributed by atoms with Gasteiger partial charge < -0.3 is 5.73 Å². The summed E-state index contributed by atoms with van der Waals surface area (Å²) in [5, 5.41) is 0. The molecule has 0 spiro atoms. The van der Waals surface area contributed by atoms with E-state index in [9.17, 15) is 8.42 Å². The second kappa shape index (κ2) is 4.89. The number of nitrogens with one attached hydrogen (secondary N) is 1. The molecule has 4 nitrogen and oxygen atoms in total. The van der Waals surface area contributed by atoms with Gasteiger partial charge in [0.1, 0.15) is 0 Å². The maximum atomic E-state index is 12.2. The fraction of sp³-hybridized carbons (Fsp3) is 0.571. The third-order valence-corrected chi connectivity index (χ3v) is 5.64. The Morgan fingerprint density at radius 2 is 1.95 bits per heavy atom. The van der Waals surface area contributed by atoms with Crippen molar-refractivity contribution in [1.82, 2.24) is 4.72 Å². The highest BCUT2D eigenvalue weighted by Crippen LogP contribution is 2.26. The number of benzene rings is 1. The van der Waals surface area contributed by atoms with E-state index in [0.717, 1.165) is 32.1 Å². The van der Waals surface area contributed by atoms with E-state index in [1.54, 1.807) is 6.07 Å². The van der Waals surface area contributed by atoms with Gasteiger partial charge in [0, 0.05) is 12.6 Å². The average molecular weight is 280 g/mol. The summed E-state index contributed by atoms with van der Waals surface area (Å²) < 4.78 is 27.1. The van der Waals surface area contributed by atoms with Gasteiger partial charge in [-0.15, -0.1) is 0 Å². The Hall–Kier alpha value is -0.910. The van der Waals surface area contributed by atoms with E-state index in [1.165, 1.54) is 11.1 Å². The molecule has 3 rings (SSSR count). The van der Waals surface area contributed by atoms with Gasteiger partial charge in [-0.1, -0.05) is 6.07 Å². The van der Waals surface area contributed by atoms with Crippen LogP contribution >= 0.6 is 0 Å². The number of hydrogen-bond donors (Lipinski definition) is 2. The van der Waals surface area contributed by atoms with Crippen molar-refractivity contribution in [3.05, 3.63) is 29.3 Å². The molecule has 2 aliphatic rings. The van der Waals surface area contributed by atoms with Crippen LogP contribution in [0.5, 0.6) is 0 Å². The van der Waals surface area contributed by atoms with Crippen LogP contribution in [0.1, 0.15) is 30.4 Å². The molecule has 5 heteroatoms. The summed E-state index contributed by atoms with van der Waals surface area (Å²) in [6.07, 6.45) is 5.05. The summed E-state index contributed by atoms with van der Waals surface area (Å²) in [6, 6.07) is 5.77. The van der Waals surface area contributed by atoms with Crippen molar-refractivity contribution in [2.75, 3.05) is 6.54 Å². The van der Waals surface area contributed by atoms with Crippen molar-refractivity contribution in [1.29, 1.82) is 0 Å². The predicted molar refractivity (Wildman–Crippen MR) is 74.4 cm³/mol. The Balaban J connectivity index is 1.69. The van der Waals surface area contributed by atoms with Crippen LogP contribution in [0.2, 0.25) is 0 Å². The van der Waals surface area contributed by atoms with Crippen LogP contribution in [0.15, 0.2) is 23.1 Å². The predicted octanol–water partition coefficient (Wildman–Crippen LogP) is 1.19. The maximum absolute atomic E-state index is 12.2. The molecular formula is C14H20N2O2S. The number of aryl methyl sites for hydroxylation is 2. The number of fused-ring (bicyclic) bond motifs is 1. The Bertz CT molecular complexity index is 577. The summed E-state index contributed by atoms with van der Waals surface area (Å²) >= 11 is 0. The highest BCUT2D eigenvalue weighted by atomic mass is 32.2. The molecule has 0 radical (unpaired) electrons. The third-order valence-electron chi connectivity index (χ3n) is 4.21. The minimum Gasteiger partial charge on any atom is -0.328 e. The SMILES string of the molecule is NC1CC(CNS(=O)(=O)c2ccc3c(c2)CCC3)C1. The van der Waals surface area contributed by atoms with E-state index in [4.69, 9.17) is 5.73 Å². The molecule has 2 aliphatic carbocycles. The number of hydrogen-bond acceptors (Lipinski definition) is 3. The summed E-state index contributed by atoms with van der Waals surface area (Å²) in [7, 11) is -3.36. The lowest BCUT2D eigenvalue weighted by atomic mass is 9.81. The van der Waals surface area contributed by atoms with Crippen LogP contribution in [0.3, 0.4) is 0 Å². The van der Waals surface area contributed by atoms with Crippen LogP contribution < -0.4 is 10.5 Å². The van der Waals surface area contributed by atoms with E-state index < -0.39 is 10.0 Å². The number of sulfonamides is 1. The Morgan fingerprint density at radius 1 is 1.21 bits per heavy atom. The fourth-order valence-electron chi connectivity index (χ4n) is 2.98. The topological polar surface area (TPSA) is 72.2 Å². The molecule has 0 aromatic heterocycles. The molecule has 0 saturated heterocycles. The summed E-state index contributed by atoms with van der Waals surface area (Å²) in [6.45, 7) is 0.507. The van der Waals surface area contributed by atoms with Crippen molar-refractivity contribution in [3.63, 3.8) is 0 Å². The van der Waals surface area contributed by atoms with Crippen LogP contribution in [0, 0.1) is 5.92 Å². The summed E-state index contributed by atoms with van der Waals surface area (Å²) in [4.78, 5) is 0.400. The fourth-order valence-corrected chi connectivity index (χ4v) is 4.15. The molecule has 104 valence electrons. The molecule has 0 unspecified atom stereocenters. The van der Waals surface area contributed by atoms with Gasteiger partial charge in [-0.2, -0.15) is 0 Å². The Labute approximate surface area is 114 Å². The molecule has 0 bridgehead atoms. The van der Waals surface area contributed by atoms with Gasteiger partial charge in [0.25, 0.3) is 0 Å². The second-order valence-corrected chi connectivity index (χ2v) is 7.50. The first kappa shape index (κ1) is 13.1. The molecule has 1 aromatic carbocycles. The van der Waals surface area contributed by atoms with Crippen LogP contribution in [-0.2, 0) is 22.9 Å². The first-order chi connectivity index (χ1) is 9.04. The monoisotopic (exact) mass is 280 g/mol. The van der Waals surface area contributed by atoms with Gasteiger partial charge >= 0.3 is 0 Å². The van der Waals surface area contributed by atoms with Gasteiger partial charge in [-0.05, 0) is 61.3 Å². The van der Waals surface area contributed by atoms with Gasteiger partial charge in [0.15, 0.2) is 0 Å². The quantitative estimate of drug-likeness (QED) is 0.870. The van der Waals surface area contributed by atoms with Crippen molar-refractivity contribution in [2.24, 2.45) is 11.7 Å². The van der Waals surface area contributed by atoms with Crippen molar-refractivity contribution in [2.45, 2.75) is 43.0 Å². The lowest BCUT2D eigenvalue weighted by Gasteiger charge is -2.32. The van der Waals surface area contributed by atoms with Crippen LogP contribution in [0.4, 0.5) is 0 Å². The Morgan fingerprint density at radius 3 is 2.68 bits per heavy atom. The maximum Gasteiger partial charge on any atom is 0.240 e. The standard InChI is InChI=1S/C14H20N2O2S/c15-13-6-10(7-13)9-16-19(17,18)14-5-4-11-2-1-3-12(11)8-14/h4-5,8,10,13,16H,1-3,6-7,9,15H2. The molecule has 0 heterocycles. The van der Waals surface area contributed by atoms with Crippen LogP contribution in [0.25, 0.3) is 0 Å². The zero-order valence-electron chi connectivity index (χ0n) is 10.9. The lowest BCUT2D eigenvalue weighted by molar-refractivity contribution is 0.267. The molecule has 0 amide bonds. The van der Waals surface area contributed by atoms with Crippen LogP contribution in [-0.4, -0.2) is 21.0 Å². The van der Waals surface area contributed by atoms with Crippen molar-refractivity contribution < 1.29 is 8.42 Å². The number of rotatable bonds is 4. The molecule has 3 N–H and O–H groups in total. The second-order valence-electron chi connectivity index (χ2n) is 5.73. The average Bonchev–Trinajstić information content (AvgIpc) is 2.80. The summed E-state index contributed by atoms with van der Waals surface area (Å²) in [5.41, 5.74) is 8.19. The van der Waals surface area contributed by atoms with E-state index in [-0.39, 0.29) is 6.04 Å². The molecule has 0 aliphatic heterocycles. The van der Waals surface area contributed by atoms with Gasteiger partial charge in [-0.3, -0.25) is 0 Å². The normalized spacial score (nSPS) is 25.9.